The predicted octanol–water partition coefficient (Wildman–Crippen LogP) is 1.80. The van der Waals surface area contributed by atoms with E-state index >= 15 is 0 Å². The first-order valence-electron chi connectivity index (χ1n) is 7.43. The summed E-state index contributed by atoms with van der Waals surface area (Å²) in [7, 11) is 1.71. The molecule has 0 spiro atoms. The van der Waals surface area contributed by atoms with Gasteiger partial charge in [0.25, 0.3) is 0 Å². The van der Waals surface area contributed by atoms with Crippen molar-refractivity contribution in [1.82, 2.24) is 10.2 Å². The van der Waals surface area contributed by atoms with Gasteiger partial charge in [0, 0.05) is 25.2 Å². The first-order valence-corrected chi connectivity index (χ1v) is 7.43. The average Bonchev–Trinajstić information content (AvgIpc) is 2.95. The number of carbonyl (C=O) groups excluding carboxylic acids is 1. The first-order chi connectivity index (χ1) is 10.1. The van der Waals surface area contributed by atoms with Crippen LogP contribution in [-0.4, -0.2) is 43.7 Å². The molecule has 0 aromatic heterocycles. The van der Waals surface area contributed by atoms with Gasteiger partial charge in [0.1, 0.15) is 5.82 Å². The average molecular weight is 294 g/mol. The van der Waals surface area contributed by atoms with E-state index in [1.54, 1.807) is 30.1 Å². The van der Waals surface area contributed by atoms with Gasteiger partial charge in [-0.25, -0.2) is 4.39 Å². The maximum absolute atomic E-state index is 13.7. The van der Waals surface area contributed by atoms with Crippen LogP contribution in [-0.2, 0) is 16.1 Å². The fourth-order valence-electron chi connectivity index (χ4n) is 2.57. The monoisotopic (exact) mass is 294 g/mol. The van der Waals surface area contributed by atoms with Crippen LogP contribution in [0.2, 0.25) is 0 Å². The van der Waals surface area contributed by atoms with Gasteiger partial charge >= 0.3 is 0 Å². The van der Waals surface area contributed by atoms with E-state index in [1.165, 1.54) is 6.07 Å². The number of rotatable bonds is 6. The van der Waals surface area contributed by atoms with Crippen LogP contribution >= 0.6 is 0 Å². The normalized spacial score (nSPS) is 21.5. The van der Waals surface area contributed by atoms with Crippen molar-refractivity contribution >= 4 is 5.91 Å². The summed E-state index contributed by atoms with van der Waals surface area (Å²) in [6.07, 6.45) is 1.02. The number of nitrogens with one attached hydrogen (secondary N) is 1. The van der Waals surface area contributed by atoms with E-state index < -0.39 is 0 Å². The Bertz CT molecular complexity index is 481. The van der Waals surface area contributed by atoms with E-state index in [4.69, 9.17) is 4.74 Å². The molecule has 1 heterocycles. The van der Waals surface area contributed by atoms with Gasteiger partial charge in [-0.3, -0.25) is 4.79 Å². The molecule has 116 valence electrons. The number of halogens is 1. The Morgan fingerprint density at radius 2 is 2.19 bits per heavy atom. The number of carbonyl (C=O) groups is 1. The molecule has 1 fully saturated rings. The third-order valence-electron chi connectivity index (χ3n) is 3.80. The summed E-state index contributed by atoms with van der Waals surface area (Å²) in [6.45, 7) is 4.23. The molecule has 1 amide bonds. The van der Waals surface area contributed by atoms with Gasteiger partial charge in [-0.05, 0) is 19.0 Å². The van der Waals surface area contributed by atoms with Gasteiger partial charge in [-0.2, -0.15) is 0 Å². The molecular formula is C16H23FN2O2. The molecule has 21 heavy (non-hydrogen) atoms. The van der Waals surface area contributed by atoms with E-state index in [2.05, 4.69) is 12.2 Å². The molecule has 1 N–H and O–H groups in total. The Hall–Kier alpha value is -1.46. The molecular weight excluding hydrogens is 271 g/mol. The zero-order chi connectivity index (χ0) is 15.2. The van der Waals surface area contributed by atoms with Gasteiger partial charge in [0.15, 0.2) is 0 Å². The molecule has 4 nitrogen and oxygen atoms in total. The summed E-state index contributed by atoms with van der Waals surface area (Å²) in [5.41, 5.74) is 0.533. The summed E-state index contributed by atoms with van der Waals surface area (Å²) >= 11 is 0. The van der Waals surface area contributed by atoms with E-state index in [-0.39, 0.29) is 30.2 Å². The quantitative estimate of drug-likeness (QED) is 0.870. The maximum atomic E-state index is 13.7. The molecule has 5 heteroatoms. The van der Waals surface area contributed by atoms with Crippen molar-refractivity contribution in [2.45, 2.75) is 25.9 Å². The molecule has 0 saturated carbocycles. The molecule has 1 aromatic rings. The second kappa shape index (κ2) is 7.52. The van der Waals surface area contributed by atoms with Crippen molar-refractivity contribution < 1.29 is 13.9 Å². The number of benzene rings is 1. The lowest BCUT2D eigenvalue weighted by Gasteiger charge is -2.24. The highest BCUT2D eigenvalue weighted by Crippen LogP contribution is 2.18. The van der Waals surface area contributed by atoms with Crippen LogP contribution in [0.15, 0.2) is 24.3 Å². The van der Waals surface area contributed by atoms with Crippen molar-refractivity contribution in [1.29, 1.82) is 0 Å². The van der Waals surface area contributed by atoms with Crippen molar-refractivity contribution in [3.63, 3.8) is 0 Å². The number of nitrogens with zero attached hydrogens (tertiary/aromatic N) is 1. The van der Waals surface area contributed by atoms with Crippen LogP contribution in [0.1, 0.15) is 18.9 Å². The molecule has 1 aromatic carbocycles. The van der Waals surface area contributed by atoms with Crippen LogP contribution in [0.5, 0.6) is 0 Å². The molecule has 1 aliphatic rings. The van der Waals surface area contributed by atoms with Crippen molar-refractivity contribution in [3.8, 4) is 0 Å². The first kappa shape index (κ1) is 15.9. The largest absolute Gasteiger partial charge is 0.379 e. The van der Waals surface area contributed by atoms with Crippen LogP contribution < -0.4 is 5.32 Å². The summed E-state index contributed by atoms with van der Waals surface area (Å²) in [5.74, 6) is -0.460. The Morgan fingerprint density at radius 3 is 2.90 bits per heavy atom. The van der Waals surface area contributed by atoms with Gasteiger partial charge in [0.05, 0.1) is 19.1 Å². The fourth-order valence-corrected chi connectivity index (χ4v) is 2.57. The second-order valence-corrected chi connectivity index (χ2v) is 5.49. The van der Waals surface area contributed by atoms with Gasteiger partial charge in [0.2, 0.25) is 5.91 Å². The number of ether oxygens (including phenoxy) is 1. The minimum atomic E-state index is -0.277. The van der Waals surface area contributed by atoms with Crippen LogP contribution in [0.25, 0.3) is 0 Å². The molecule has 0 bridgehead atoms. The Morgan fingerprint density at radius 1 is 1.43 bits per heavy atom. The van der Waals surface area contributed by atoms with Gasteiger partial charge in [-0.1, -0.05) is 25.1 Å². The van der Waals surface area contributed by atoms with E-state index in [0.29, 0.717) is 18.8 Å². The Labute approximate surface area is 125 Å². The highest BCUT2D eigenvalue weighted by atomic mass is 19.1. The lowest BCUT2D eigenvalue weighted by Crippen LogP contribution is -2.44. The third-order valence-corrected chi connectivity index (χ3v) is 3.80. The second-order valence-electron chi connectivity index (χ2n) is 5.49. The third kappa shape index (κ3) is 4.02. The molecule has 2 atom stereocenters. The number of hydrogen-bond acceptors (Lipinski definition) is 3. The van der Waals surface area contributed by atoms with E-state index in [9.17, 15) is 9.18 Å². The SMILES string of the molecule is CCCNC1COCC1C(=O)N(C)Cc1ccccc1F. The predicted molar refractivity (Wildman–Crippen MR) is 79.3 cm³/mol. The molecule has 2 rings (SSSR count). The maximum Gasteiger partial charge on any atom is 0.229 e. The zero-order valence-corrected chi connectivity index (χ0v) is 12.6. The lowest BCUT2D eigenvalue weighted by atomic mass is 10.0. The Balaban J connectivity index is 1.97. The zero-order valence-electron chi connectivity index (χ0n) is 12.6. The Kier molecular flexibility index (Phi) is 5.70. The summed E-state index contributed by atoms with van der Waals surface area (Å²) in [6, 6.07) is 6.60. The summed E-state index contributed by atoms with van der Waals surface area (Å²) in [4.78, 5) is 14.1. The fraction of sp³-hybridized carbons (Fsp3) is 0.562. The van der Waals surface area contributed by atoms with E-state index in [1.807, 2.05) is 0 Å². The van der Waals surface area contributed by atoms with Crippen LogP contribution in [0, 0.1) is 11.7 Å². The number of amides is 1. The molecule has 2 unspecified atom stereocenters. The lowest BCUT2D eigenvalue weighted by molar-refractivity contribution is -0.135. The van der Waals surface area contributed by atoms with Crippen LogP contribution in [0.4, 0.5) is 4.39 Å². The van der Waals surface area contributed by atoms with Crippen molar-refractivity contribution in [3.05, 3.63) is 35.6 Å². The molecule has 1 saturated heterocycles. The standard InChI is InChI=1S/C16H23FN2O2/c1-3-8-18-15-11-21-10-13(15)16(20)19(2)9-12-6-4-5-7-14(12)17/h4-7,13,15,18H,3,8-11H2,1-2H3. The van der Waals surface area contributed by atoms with Crippen LogP contribution in [0.3, 0.4) is 0 Å². The van der Waals surface area contributed by atoms with E-state index in [0.717, 1.165) is 13.0 Å². The number of hydrogen-bond donors (Lipinski definition) is 1. The highest BCUT2D eigenvalue weighted by Gasteiger charge is 2.35. The molecule has 0 aliphatic carbocycles. The topological polar surface area (TPSA) is 41.6 Å². The minimum Gasteiger partial charge on any atom is -0.379 e. The summed E-state index contributed by atoms with van der Waals surface area (Å²) < 4.78 is 19.1. The molecule has 1 aliphatic heterocycles. The molecule has 0 radical (unpaired) electrons. The van der Waals surface area contributed by atoms with Gasteiger partial charge < -0.3 is 15.0 Å². The minimum absolute atomic E-state index is 0.00403. The van der Waals surface area contributed by atoms with Crippen molar-refractivity contribution in [2.75, 3.05) is 26.8 Å². The van der Waals surface area contributed by atoms with Crippen molar-refractivity contribution in [2.24, 2.45) is 5.92 Å². The smallest absolute Gasteiger partial charge is 0.229 e. The summed E-state index contributed by atoms with van der Waals surface area (Å²) in [5, 5.41) is 3.35. The van der Waals surface area contributed by atoms with Gasteiger partial charge in [-0.15, -0.1) is 0 Å². The highest BCUT2D eigenvalue weighted by molar-refractivity contribution is 5.79.